The van der Waals surface area contributed by atoms with E-state index >= 15 is 0 Å². The summed E-state index contributed by atoms with van der Waals surface area (Å²) in [6.07, 6.45) is 1.57. The fourth-order valence-electron chi connectivity index (χ4n) is 2.42. The third-order valence-electron chi connectivity index (χ3n) is 3.71. The smallest absolute Gasteiger partial charge is 0.233 e. The van der Waals surface area contributed by atoms with Crippen molar-refractivity contribution in [2.75, 3.05) is 6.54 Å². The molecule has 1 N–H and O–H groups in total. The van der Waals surface area contributed by atoms with Gasteiger partial charge in [0.15, 0.2) is 0 Å². The van der Waals surface area contributed by atoms with Crippen LogP contribution >= 0.6 is 23.1 Å². The molecule has 3 rings (SSSR count). The summed E-state index contributed by atoms with van der Waals surface area (Å²) in [5.74, 6) is 0.0291. The van der Waals surface area contributed by atoms with Gasteiger partial charge in [0.05, 0.1) is 10.6 Å². The van der Waals surface area contributed by atoms with Crippen LogP contribution in [0.1, 0.15) is 19.4 Å². The second kappa shape index (κ2) is 7.32. The van der Waals surface area contributed by atoms with Crippen molar-refractivity contribution in [3.63, 3.8) is 0 Å². The highest BCUT2D eigenvalue weighted by atomic mass is 32.2. The number of thiophene rings is 1. The lowest BCUT2D eigenvalue weighted by atomic mass is 10.1. The van der Waals surface area contributed by atoms with Crippen molar-refractivity contribution >= 4 is 39.2 Å². The molecule has 0 fully saturated rings. The second-order valence-electron chi connectivity index (χ2n) is 5.53. The molecule has 0 aliphatic rings. The molecule has 0 saturated carbocycles. The van der Waals surface area contributed by atoms with Crippen LogP contribution in [-0.2, 0) is 4.79 Å². The van der Waals surface area contributed by atoms with Gasteiger partial charge in [0.1, 0.15) is 16.2 Å². The molecular formula is C18H19N3OS2. The van der Waals surface area contributed by atoms with E-state index in [2.05, 4.69) is 51.9 Å². The number of benzene rings is 1. The Bertz CT molecular complexity index is 858. The summed E-state index contributed by atoms with van der Waals surface area (Å²) in [6.45, 7) is 6.54. The topological polar surface area (TPSA) is 54.9 Å². The van der Waals surface area contributed by atoms with Crippen molar-refractivity contribution in [2.24, 2.45) is 0 Å². The van der Waals surface area contributed by atoms with Crippen molar-refractivity contribution in [1.82, 2.24) is 15.3 Å². The van der Waals surface area contributed by atoms with Gasteiger partial charge in [-0.2, -0.15) is 0 Å². The fraction of sp³-hybridized carbons (Fsp3) is 0.278. The fourth-order valence-corrected chi connectivity index (χ4v) is 4.36. The SMILES string of the molecule is CCNC(=O)[C@@H](C)Sc1ncnc2scc(-c3ccc(C)cc3)c12. The summed E-state index contributed by atoms with van der Waals surface area (Å²) in [5, 5.41) is 6.67. The first-order chi connectivity index (χ1) is 11.6. The van der Waals surface area contributed by atoms with E-state index in [0.717, 1.165) is 26.4 Å². The first kappa shape index (κ1) is 16.9. The van der Waals surface area contributed by atoms with Crippen LogP contribution in [0.15, 0.2) is 41.0 Å². The Labute approximate surface area is 149 Å². The predicted molar refractivity (Wildman–Crippen MR) is 102 cm³/mol. The first-order valence-corrected chi connectivity index (χ1v) is 9.59. The van der Waals surface area contributed by atoms with Crippen LogP contribution in [0.3, 0.4) is 0 Å². The summed E-state index contributed by atoms with van der Waals surface area (Å²) in [7, 11) is 0. The van der Waals surface area contributed by atoms with Gasteiger partial charge < -0.3 is 5.32 Å². The first-order valence-electron chi connectivity index (χ1n) is 7.83. The third-order valence-corrected chi connectivity index (χ3v) is 5.69. The van der Waals surface area contributed by atoms with Gasteiger partial charge in [-0.1, -0.05) is 41.6 Å². The number of fused-ring (bicyclic) bond motifs is 1. The van der Waals surface area contributed by atoms with Crippen LogP contribution in [0, 0.1) is 6.92 Å². The van der Waals surface area contributed by atoms with E-state index in [1.807, 2.05) is 13.8 Å². The molecule has 2 aromatic heterocycles. The Balaban J connectivity index is 2.01. The van der Waals surface area contributed by atoms with Gasteiger partial charge in [-0.25, -0.2) is 9.97 Å². The van der Waals surface area contributed by atoms with E-state index in [4.69, 9.17) is 0 Å². The zero-order valence-electron chi connectivity index (χ0n) is 13.9. The molecule has 0 spiro atoms. The van der Waals surface area contributed by atoms with Gasteiger partial charge in [0.25, 0.3) is 0 Å². The molecule has 0 unspecified atom stereocenters. The Morgan fingerprint density at radius 1 is 1.29 bits per heavy atom. The molecule has 1 aromatic carbocycles. The molecule has 6 heteroatoms. The van der Waals surface area contributed by atoms with Gasteiger partial charge in [0, 0.05) is 17.5 Å². The van der Waals surface area contributed by atoms with E-state index < -0.39 is 0 Å². The van der Waals surface area contributed by atoms with E-state index in [1.165, 1.54) is 17.3 Å². The highest BCUT2D eigenvalue weighted by Gasteiger charge is 2.19. The molecule has 1 atom stereocenters. The van der Waals surface area contributed by atoms with Crippen LogP contribution in [0.25, 0.3) is 21.3 Å². The summed E-state index contributed by atoms with van der Waals surface area (Å²) in [6, 6.07) is 8.44. The van der Waals surface area contributed by atoms with E-state index in [9.17, 15) is 4.79 Å². The lowest BCUT2D eigenvalue weighted by Crippen LogP contribution is -2.30. The quantitative estimate of drug-likeness (QED) is 0.547. The second-order valence-corrected chi connectivity index (χ2v) is 7.72. The lowest BCUT2D eigenvalue weighted by Gasteiger charge is -2.11. The Morgan fingerprint density at radius 2 is 2.04 bits per heavy atom. The average Bonchev–Trinajstić information content (AvgIpc) is 3.01. The number of amides is 1. The van der Waals surface area contributed by atoms with Gasteiger partial charge in [0.2, 0.25) is 5.91 Å². The van der Waals surface area contributed by atoms with Gasteiger partial charge in [-0.3, -0.25) is 4.79 Å². The normalized spacial score (nSPS) is 12.3. The van der Waals surface area contributed by atoms with E-state index in [-0.39, 0.29) is 11.2 Å². The van der Waals surface area contributed by atoms with Crippen LogP contribution in [0.4, 0.5) is 0 Å². The molecule has 0 aliphatic carbocycles. The lowest BCUT2D eigenvalue weighted by molar-refractivity contribution is -0.120. The standard InChI is InChI=1S/C18H19N3OS2/c1-4-19-16(22)12(3)24-18-15-14(9-23-17(15)20-10-21-18)13-7-5-11(2)6-8-13/h5-10,12H,4H2,1-3H3,(H,19,22)/t12-/m1/s1. The molecule has 2 heterocycles. The maximum Gasteiger partial charge on any atom is 0.233 e. The molecule has 24 heavy (non-hydrogen) atoms. The van der Waals surface area contributed by atoms with Crippen LogP contribution in [-0.4, -0.2) is 27.7 Å². The molecule has 4 nitrogen and oxygen atoms in total. The highest BCUT2D eigenvalue weighted by Crippen LogP contribution is 2.38. The maximum atomic E-state index is 12.0. The summed E-state index contributed by atoms with van der Waals surface area (Å²) >= 11 is 3.09. The highest BCUT2D eigenvalue weighted by molar-refractivity contribution is 8.00. The number of carbonyl (C=O) groups is 1. The zero-order valence-corrected chi connectivity index (χ0v) is 15.5. The number of hydrogen-bond acceptors (Lipinski definition) is 5. The zero-order chi connectivity index (χ0) is 17.1. The minimum Gasteiger partial charge on any atom is -0.355 e. The largest absolute Gasteiger partial charge is 0.355 e. The number of thioether (sulfide) groups is 1. The Kier molecular flexibility index (Phi) is 5.16. The molecule has 0 bridgehead atoms. The van der Waals surface area contributed by atoms with Crippen LogP contribution in [0.5, 0.6) is 0 Å². The number of aromatic nitrogens is 2. The average molecular weight is 358 g/mol. The summed E-state index contributed by atoms with van der Waals surface area (Å²) in [5.41, 5.74) is 3.50. The Hall–Kier alpha value is -1.92. The predicted octanol–water partition coefficient (Wildman–Crippen LogP) is 4.28. The Morgan fingerprint density at radius 3 is 2.75 bits per heavy atom. The van der Waals surface area contributed by atoms with Gasteiger partial charge >= 0.3 is 0 Å². The molecule has 0 radical (unpaired) electrons. The van der Waals surface area contributed by atoms with Crippen molar-refractivity contribution < 1.29 is 4.79 Å². The molecule has 0 saturated heterocycles. The van der Waals surface area contributed by atoms with Crippen molar-refractivity contribution in [3.8, 4) is 11.1 Å². The number of carbonyl (C=O) groups excluding carboxylic acids is 1. The number of aryl methyl sites for hydroxylation is 1. The van der Waals surface area contributed by atoms with E-state index in [1.54, 1.807) is 17.7 Å². The van der Waals surface area contributed by atoms with E-state index in [0.29, 0.717) is 6.54 Å². The number of hydrogen-bond donors (Lipinski definition) is 1. The number of rotatable bonds is 5. The van der Waals surface area contributed by atoms with Crippen molar-refractivity contribution in [2.45, 2.75) is 31.0 Å². The summed E-state index contributed by atoms with van der Waals surface area (Å²) in [4.78, 5) is 21.8. The maximum absolute atomic E-state index is 12.0. The number of nitrogens with zero attached hydrogens (tertiary/aromatic N) is 2. The molecular weight excluding hydrogens is 338 g/mol. The van der Waals surface area contributed by atoms with Crippen molar-refractivity contribution in [3.05, 3.63) is 41.5 Å². The molecule has 0 aliphatic heterocycles. The molecule has 1 amide bonds. The summed E-state index contributed by atoms with van der Waals surface area (Å²) < 4.78 is 0. The van der Waals surface area contributed by atoms with Gasteiger partial charge in [-0.15, -0.1) is 11.3 Å². The van der Waals surface area contributed by atoms with Crippen LogP contribution in [0.2, 0.25) is 0 Å². The van der Waals surface area contributed by atoms with Crippen LogP contribution < -0.4 is 5.32 Å². The third kappa shape index (κ3) is 3.44. The minimum atomic E-state index is -0.200. The minimum absolute atomic E-state index is 0.0291. The van der Waals surface area contributed by atoms with Crippen molar-refractivity contribution in [1.29, 1.82) is 0 Å². The van der Waals surface area contributed by atoms with Gasteiger partial charge in [-0.05, 0) is 26.3 Å². The molecule has 3 aromatic rings. The molecule has 124 valence electrons. The number of nitrogens with one attached hydrogen (secondary N) is 1. The monoisotopic (exact) mass is 357 g/mol.